The molecule has 0 spiro atoms. The third kappa shape index (κ3) is 1.43. The zero-order valence-electron chi connectivity index (χ0n) is 5.28. The molecule has 1 heterocycles. The van der Waals surface area contributed by atoms with Crippen molar-refractivity contribution < 1.29 is 4.39 Å². The molecular formula is C7H10FN. The van der Waals surface area contributed by atoms with Gasteiger partial charge in [0.25, 0.3) is 0 Å². The van der Waals surface area contributed by atoms with Gasteiger partial charge in [-0.1, -0.05) is 0 Å². The van der Waals surface area contributed by atoms with Crippen molar-refractivity contribution in [2.45, 2.75) is 18.5 Å². The van der Waals surface area contributed by atoms with E-state index in [1.54, 1.807) is 0 Å². The second-order valence-electron chi connectivity index (χ2n) is 2.46. The number of hydrogen-bond acceptors (Lipinski definition) is 1. The summed E-state index contributed by atoms with van der Waals surface area (Å²) in [7, 11) is 0. The van der Waals surface area contributed by atoms with Crippen molar-refractivity contribution in [2.75, 3.05) is 13.1 Å². The molecule has 0 amide bonds. The third-order valence-electron chi connectivity index (χ3n) is 1.61. The molecule has 0 aromatic rings. The summed E-state index contributed by atoms with van der Waals surface area (Å²) in [6.07, 6.45) is 5.79. The van der Waals surface area contributed by atoms with Gasteiger partial charge in [-0.3, -0.25) is 0 Å². The molecule has 1 atom stereocenters. The van der Waals surface area contributed by atoms with E-state index in [4.69, 9.17) is 6.42 Å². The maximum Gasteiger partial charge on any atom is 0.135 e. The molecule has 1 nitrogen and oxygen atoms in total. The van der Waals surface area contributed by atoms with Gasteiger partial charge >= 0.3 is 0 Å². The summed E-state index contributed by atoms with van der Waals surface area (Å²) in [6, 6.07) is 0. The van der Waals surface area contributed by atoms with Gasteiger partial charge in [0.05, 0.1) is 0 Å². The molecule has 1 aliphatic heterocycles. The second kappa shape index (κ2) is 2.36. The van der Waals surface area contributed by atoms with Crippen LogP contribution in [0.4, 0.5) is 4.39 Å². The first kappa shape index (κ1) is 6.57. The molecule has 0 aromatic carbocycles. The molecule has 1 saturated heterocycles. The highest BCUT2D eigenvalue weighted by atomic mass is 19.1. The molecule has 2 heteroatoms. The number of terminal acetylenes is 1. The molecule has 0 aromatic heterocycles. The van der Waals surface area contributed by atoms with Gasteiger partial charge in [-0.05, 0) is 13.0 Å². The van der Waals surface area contributed by atoms with Gasteiger partial charge in [0, 0.05) is 13.0 Å². The normalized spacial score (nSPS) is 34.2. The maximum absolute atomic E-state index is 13.1. The van der Waals surface area contributed by atoms with Crippen molar-refractivity contribution in [3.05, 3.63) is 0 Å². The summed E-state index contributed by atoms with van der Waals surface area (Å²) < 4.78 is 13.1. The van der Waals surface area contributed by atoms with Crippen LogP contribution in [0.25, 0.3) is 0 Å². The first-order chi connectivity index (χ1) is 4.27. The predicted molar refractivity (Wildman–Crippen MR) is 34.8 cm³/mol. The highest BCUT2D eigenvalue weighted by Gasteiger charge is 2.32. The van der Waals surface area contributed by atoms with E-state index < -0.39 is 5.67 Å². The lowest BCUT2D eigenvalue weighted by molar-refractivity contribution is 0.198. The van der Waals surface area contributed by atoms with E-state index in [1.807, 2.05) is 0 Å². The molecule has 1 rings (SSSR count). The smallest absolute Gasteiger partial charge is 0.135 e. The molecule has 50 valence electrons. The minimum Gasteiger partial charge on any atom is -0.313 e. The maximum atomic E-state index is 13.1. The lowest BCUT2D eigenvalue weighted by Crippen LogP contribution is -2.24. The molecule has 1 aliphatic rings. The molecule has 0 aliphatic carbocycles. The van der Waals surface area contributed by atoms with Crippen LogP contribution in [-0.4, -0.2) is 18.8 Å². The lowest BCUT2D eigenvalue weighted by Gasteiger charge is -2.12. The summed E-state index contributed by atoms with van der Waals surface area (Å²) in [5.74, 6) is 2.34. The fourth-order valence-electron chi connectivity index (χ4n) is 1.05. The van der Waals surface area contributed by atoms with Gasteiger partial charge < -0.3 is 5.32 Å². The highest BCUT2D eigenvalue weighted by molar-refractivity contribution is 4.99. The average molecular weight is 127 g/mol. The second-order valence-corrected chi connectivity index (χ2v) is 2.46. The Kier molecular flexibility index (Phi) is 1.73. The average Bonchev–Trinajstić information content (AvgIpc) is 2.16. The monoisotopic (exact) mass is 127 g/mol. The fourth-order valence-corrected chi connectivity index (χ4v) is 1.05. The Morgan fingerprint density at radius 3 is 3.00 bits per heavy atom. The van der Waals surface area contributed by atoms with E-state index in [1.165, 1.54) is 0 Å². The molecule has 0 radical (unpaired) electrons. The minimum absolute atomic E-state index is 0.250. The zero-order valence-corrected chi connectivity index (χ0v) is 5.28. The molecule has 1 fully saturated rings. The number of rotatable bonds is 1. The Morgan fingerprint density at radius 2 is 2.56 bits per heavy atom. The van der Waals surface area contributed by atoms with Crippen LogP contribution in [0.15, 0.2) is 0 Å². The number of hydrogen-bond donors (Lipinski definition) is 1. The van der Waals surface area contributed by atoms with Gasteiger partial charge in [0.2, 0.25) is 0 Å². The lowest BCUT2D eigenvalue weighted by atomic mass is 10.0. The molecule has 9 heavy (non-hydrogen) atoms. The Hall–Kier alpha value is -0.550. The number of halogens is 1. The molecular weight excluding hydrogens is 117 g/mol. The van der Waals surface area contributed by atoms with Crippen LogP contribution in [0.1, 0.15) is 12.8 Å². The summed E-state index contributed by atoms with van der Waals surface area (Å²) in [5, 5.41) is 2.93. The standard InChI is InChI=1S/C7H10FN/c1-2-3-7(8)4-5-9-6-7/h1,9H,3-6H2. The van der Waals surface area contributed by atoms with Crippen molar-refractivity contribution in [1.82, 2.24) is 5.32 Å². The van der Waals surface area contributed by atoms with Crippen LogP contribution < -0.4 is 5.32 Å². The molecule has 0 saturated carbocycles. The van der Waals surface area contributed by atoms with Gasteiger partial charge in [-0.2, -0.15) is 0 Å². The van der Waals surface area contributed by atoms with Gasteiger partial charge in [-0.25, -0.2) is 4.39 Å². The van der Waals surface area contributed by atoms with Crippen molar-refractivity contribution in [3.8, 4) is 12.3 Å². The van der Waals surface area contributed by atoms with E-state index in [-0.39, 0.29) is 6.42 Å². The Bertz CT molecular complexity index is 130. The summed E-state index contributed by atoms with van der Waals surface area (Å²) >= 11 is 0. The van der Waals surface area contributed by atoms with Crippen molar-refractivity contribution in [2.24, 2.45) is 0 Å². The Balaban J connectivity index is 2.43. The van der Waals surface area contributed by atoms with E-state index in [2.05, 4.69) is 11.2 Å². The van der Waals surface area contributed by atoms with Crippen LogP contribution in [0.3, 0.4) is 0 Å². The molecule has 1 unspecified atom stereocenters. The topological polar surface area (TPSA) is 12.0 Å². The van der Waals surface area contributed by atoms with Gasteiger partial charge in [0.15, 0.2) is 0 Å². The molecule has 0 bridgehead atoms. The largest absolute Gasteiger partial charge is 0.313 e. The first-order valence-electron chi connectivity index (χ1n) is 3.10. The molecule has 1 N–H and O–H groups in total. The zero-order chi connectivity index (χ0) is 6.74. The summed E-state index contributed by atoms with van der Waals surface area (Å²) in [5.41, 5.74) is -1.10. The number of nitrogens with one attached hydrogen (secondary N) is 1. The van der Waals surface area contributed by atoms with Crippen molar-refractivity contribution >= 4 is 0 Å². The SMILES string of the molecule is C#CCC1(F)CCNC1. The fraction of sp³-hybridized carbons (Fsp3) is 0.714. The minimum atomic E-state index is -1.10. The Morgan fingerprint density at radius 1 is 1.78 bits per heavy atom. The summed E-state index contributed by atoms with van der Waals surface area (Å²) in [4.78, 5) is 0. The van der Waals surface area contributed by atoms with E-state index >= 15 is 0 Å². The van der Waals surface area contributed by atoms with Crippen molar-refractivity contribution in [1.29, 1.82) is 0 Å². The van der Waals surface area contributed by atoms with E-state index in [0.29, 0.717) is 13.0 Å². The van der Waals surface area contributed by atoms with Gasteiger partial charge in [0.1, 0.15) is 5.67 Å². The van der Waals surface area contributed by atoms with Gasteiger partial charge in [-0.15, -0.1) is 12.3 Å². The highest BCUT2D eigenvalue weighted by Crippen LogP contribution is 2.22. The predicted octanol–water partition coefficient (Wildman–Crippen LogP) is 0.711. The van der Waals surface area contributed by atoms with Crippen LogP contribution in [0, 0.1) is 12.3 Å². The van der Waals surface area contributed by atoms with Crippen LogP contribution in [0.2, 0.25) is 0 Å². The first-order valence-corrected chi connectivity index (χ1v) is 3.10. The third-order valence-corrected chi connectivity index (χ3v) is 1.61. The van der Waals surface area contributed by atoms with E-state index in [9.17, 15) is 4.39 Å². The van der Waals surface area contributed by atoms with E-state index in [0.717, 1.165) is 6.54 Å². The Labute approximate surface area is 54.6 Å². The quantitative estimate of drug-likeness (QED) is 0.511. The van der Waals surface area contributed by atoms with Crippen molar-refractivity contribution in [3.63, 3.8) is 0 Å². The van der Waals surface area contributed by atoms with Crippen LogP contribution in [0.5, 0.6) is 0 Å². The van der Waals surface area contributed by atoms with Crippen LogP contribution >= 0.6 is 0 Å². The van der Waals surface area contributed by atoms with Crippen LogP contribution in [-0.2, 0) is 0 Å². The number of alkyl halides is 1. The summed E-state index contributed by atoms with van der Waals surface area (Å²) in [6.45, 7) is 1.19.